The summed E-state index contributed by atoms with van der Waals surface area (Å²) in [5, 5.41) is 7.56. The lowest BCUT2D eigenvalue weighted by Gasteiger charge is -2.02. The molecule has 0 amide bonds. The van der Waals surface area contributed by atoms with Gasteiger partial charge in [-0.05, 0) is 6.07 Å². The minimum Gasteiger partial charge on any atom is -0.482 e. The predicted molar refractivity (Wildman–Crippen MR) is 44.0 cm³/mol. The van der Waals surface area contributed by atoms with Gasteiger partial charge in [0, 0.05) is 6.07 Å². The largest absolute Gasteiger partial charge is 0.482 e. The number of pyridine rings is 1. The van der Waals surface area contributed by atoms with Gasteiger partial charge in [0.1, 0.15) is 6.33 Å². The highest BCUT2D eigenvalue weighted by Gasteiger charge is 2.03. The quantitative estimate of drug-likeness (QED) is 0.659. The van der Waals surface area contributed by atoms with E-state index in [0.717, 1.165) is 0 Å². The molecule has 5 heteroatoms. The summed E-state index contributed by atoms with van der Waals surface area (Å²) in [7, 11) is 1.59. The van der Waals surface area contributed by atoms with Crippen molar-refractivity contribution in [1.29, 1.82) is 0 Å². The number of rotatable bonds is 1. The minimum atomic E-state index is 0.591. The van der Waals surface area contributed by atoms with Crippen LogP contribution < -0.4 is 10.5 Å². The lowest BCUT2D eigenvalue weighted by molar-refractivity contribution is 0.392. The number of aromatic nitrogens is 3. The highest BCUT2D eigenvalue weighted by atomic mass is 16.5. The summed E-state index contributed by atoms with van der Waals surface area (Å²) in [6.45, 7) is 0. The number of anilines is 1. The summed E-state index contributed by atoms with van der Waals surface area (Å²) in [6, 6.07) is 3.51. The molecule has 0 saturated heterocycles. The van der Waals surface area contributed by atoms with Gasteiger partial charge in [0.15, 0.2) is 11.5 Å². The summed E-state index contributed by atoms with van der Waals surface area (Å²) in [5.74, 6) is 0.671. The van der Waals surface area contributed by atoms with E-state index in [-0.39, 0.29) is 0 Å². The molecule has 0 radical (unpaired) electrons. The van der Waals surface area contributed by atoms with Crippen LogP contribution in [0, 0.1) is 0 Å². The van der Waals surface area contributed by atoms with Crippen molar-refractivity contribution in [3.8, 4) is 5.88 Å². The number of nitrogen functional groups attached to an aromatic ring is 1. The lowest BCUT2D eigenvalue weighted by Crippen LogP contribution is -1.96. The van der Waals surface area contributed by atoms with Crippen LogP contribution in [-0.4, -0.2) is 21.7 Å². The Balaban J connectivity index is 2.82. The SMILES string of the molecule is COc1ccc(N)c2nncn12. The molecule has 2 aromatic heterocycles. The first-order valence-electron chi connectivity index (χ1n) is 3.45. The van der Waals surface area contributed by atoms with Crippen LogP contribution >= 0.6 is 0 Å². The molecule has 0 fully saturated rings. The van der Waals surface area contributed by atoms with Crippen molar-refractivity contribution in [2.24, 2.45) is 0 Å². The van der Waals surface area contributed by atoms with Crippen molar-refractivity contribution in [3.05, 3.63) is 18.5 Å². The smallest absolute Gasteiger partial charge is 0.200 e. The number of hydrogen-bond donors (Lipinski definition) is 1. The Bertz CT molecular complexity index is 409. The fourth-order valence-corrected chi connectivity index (χ4v) is 1.08. The molecule has 0 saturated carbocycles. The number of hydrogen-bond acceptors (Lipinski definition) is 4. The molecule has 0 bridgehead atoms. The zero-order chi connectivity index (χ0) is 8.55. The summed E-state index contributed by atoms with van der Waals surface area (Å²) < 4.78 is 6.76. The Morgan fingerprint density at radius 3 is 3.08 bits per heavy atom. The molecule has 0 aliphatic rings. The van der Waals surface area contributed by atoms with Crippen LogP contribution in [0.5, 0.6) is 5.88 Å². The van der Waals surface area contributed by atoms with Crippen LogP contribution in [0.2, 0.25) is 0 Å². The number of ether oxygens (including phenoxy) is 1. The predicted octanol–water partition coefficient (Wildman–Crippen LogP) is 0.320. The Kier molecular flexibility index (Phi) is 1.36. The molecule has 0 aliphatic heterocycles. The van der Waals surface area contributed by atoms with Crippen LogP contribution in [0.1, 0.15) is 0 Å². The van der Waals surface area contributed by atoms with Gasteiger partial charge in [-0.3, -0.25) is 0 Å². The second kappa shape index (κ2) is 2.37. The van der Waals surface area contributed by atoms with Crippen molar-refractivity contribution < 1.29 is 4.74 Å². The van der Waals surface area contributed by atoms with Gasteiger partial charge in [0.2, 0.25) is 0 Å². The van der Waals surface area contributed by atoms with Gasteiger partial charge in [-0.2, -0.15) is 0 Å². The van der Waals surface area contributed by atoms with E-state index in [1.807, 2.05) is 0 Å². The van der Waals surface area contributed by atoms with E-state index in [9.17, 15) is 0 Å². The summed E-state index contributed by atoms with van der Waals surface area (Å²) in [4.78, 5) is 0. The van der Waals surface area contributed by atoms with Crippen LogP contribution in [0.15, 0.2) is 18.5 Å². The van der Waals surface area contributed by atoms with Gasteiger partial charge in [0.25, 0.3) is 0 Å². The van der Waals surface area contributed by atoms with Gasteiger partial charge in [-0.25, -0.2) is 4.40 Å². The van der Waals surface area contributed by atoms with Gasteiger partial charge in [0.05, 0.1) is 12.8 Å². The van der Waals surface area contributed by atoms with E-state index in [0.29, 0.717) is 17.2 Å². The lowest BCUT2D eigenvalue weighted by atomic mass is 10.4. The molecule has 2 N–H and O–H groups in total. The number of methoxy groups -OCH3 is 1. The van der Waals surface area contributed by atoms with Crippen molar-refractivity contribution in [1.82, 2.24) is 14.6 Å². The van der Waals surface area contributed by atoms with Gasteiger partial charge in [-0.1, -0.05) is 0 Å². The normalized spacial score (nSPS) is 10.4. The third kappa shape index (κ3) is 0.795. The average Bonchev–Trinajstić information content (AvgIpc) is 2.54. The number of fused-ring (bicyclic) bond motifs is 1. The molecule has 0 aliphatic carbocycles. The van der Waals surface area contributed by atoms with Gasteiger partial charge < -0.3 is 10.5 Å². The Labute approximate surface area is 68.8 Å². The second-order valence-electron chi connectivity index (χ2n) is 2.36. The van der Waals surface area contributed by atoms with E-state index in [4.69, 9.17) is 10.5 Å². The fourth-order valence-electron chi connectivity index (χ4n) is 1.08. The van der Waals surface area contributed by atoms with E-state index in [2.05, 4.69) is 10.2 Å². The molecule has 2 aromatic rings. The molecule has 0 aromatic carbocycles. The third-order valence-corrected chi connectivity index (χ3v) is 1.66. The highest BCUT2D eigenvalue weighted by molar-refractivity contribution is 5.64. The topological polar surface area (TPSA) is 65.4 Å². The van der Waals surface area contributed by atoms with Crippen LogP contribution in [0.3, 0.4) is 0 Å². The van der Waals surface area contributed by atoms with Crippen molar-refractivity contribution in [2.75, 3.05) is 12.8 Å². The molecule has 62 valence electrons. The maximum absolute atomic E-state index is 5.65. The van der Waals surface area contributed by atoms with Crippen molar-refractivity contribution >= 4 is 11.3 Å². The standard InChI is InChI=1S/C7H8N4O/c1-12-6-3-2-5(8)7-10-9-4-11(6)7/h2-4H,8H2,1H3. The van der Waals surface area contributed by atoms with Crippen LogP contribution in [0.25, 0.3) is 5.65 Å². The molecule has 0 unspecified atom stereocenters. The molecular formula is C7H8N4O. The van der Waals surface area contributed by atoms with E-state index < -0.39 is 0 Å². The average molecular weight is 164 g/mol. The third-order valence-electron chi connectivity index (χ3n) is 1.66. The molecule has 2 rings (SSSR count). The molecule has 12 heavy (non-hydrogen) atoms. The van der Waals surface area contributed by atoms with Crippen LogP contribution in [0.4, 0.5) is 5.69 Å². The maximum atomic E-state index is 5.65. The Morgan fingerprint density at radius 1 is 1.50 bits per heavy atom. The van der Waals surface area contributed by atoms with E-state index in [1.165, 1.54) is 0 Å². The first-order valence-corrected chi connectivity index (χ1v) is 3.45. The monoisotopic (exact) mass is 164 g/mol. The zero-order valence-electron chi connectivity index (χ0n) is 6.56. The summed E-state index contributed by atoms with van der Waals surface area (Å²) >= 11 is 0. The van der Waals surface area contributed by atoms with Crippen molar-refractivity contribution in [3.63, 3.8) is 0 Å². The van der Waals surface area contributed by atoms with E-state index in [1.54, 1.807) is 30.0 Å². The van der Waals surface area contributed by atoms with Gasteiger partial charge in [-0.15, -0.1) is 10.2 Å². The maximum Gasteiger partial charge on any atom is 0.200 e. The molecule has 5 nitrogen and oxygen atoms in total. The molecule has 2 heterocycles. The minimum absolute atomic E-state index is 0.591. The van der Waals surface area contributed by atoms with Crippen LogP contribution in [-0.2, 0) is 0 Å². The molecule has 0 spiro atoms. The first kappa shape index (κ1) is 6.90. The molecular weight excluding hydrogens is 156 g/mol. The summed E-state index contributed by atoms with van der Waals surface area (Å²) in [5.41, 5.74) is 6.86. The number of nitrogens with zero attached hydrogens (tertiary/aromatic N) is 3. The highest BCUT2D eigenvalue weighted by Crippen LogP contribution is 2.17. The van der Waals surface area contributed by atoms with Gasteiger partial charge >= 0.3 is 0 Å². The van der Waals surface area contributed by atoms with Crippen molar-refractivity contribution in [2.45, 2.75) is 0 Å². The fraction of sp³-hybridized carbons (Fsp3) is 0.143. The number of nitrogens with two attached hydrogens (primary N) is 1. The second-order valence-corrected chi connectivity index (χ2v) is 2.36. The van der Waals surface area contributed by atoms with E-state index >= 15 is 0 Å². The first-order chi connectivity index (χ1) is 5.83. The summed E-state index contributed by atoms with van der Waals surface area (Å²) in [6.07, 6.45) is 1.56. The Hall–Kier alpha value is -1.78. The zero-order valence-corrected chi connectivity index (χ0v) is 6.56. The Morgan fingerprint density at radius 2 is 2.33 bits per heavy atom. The molecule has 0 atom stereocenters.